The number of ether oxygens (including phenoxy) is 1. The summed E-state index contributed by atoms with van der Waals surface area (Å²) in [5.74, 6) is -0.862. The van der Waals surface area contributed by atoms with Gasteiger partial charge in [0.25, 0.3) is 5.91 Å². The summed E-state index contributed by atoms with van der Waals surface area (Å²) in [7, 11) is 1.28. The van der Waals surface area contributed by atoms with Crippen molar-refractivity contribution in [1.82, 2.24) is 5.32 Å². The molecule has 5 nitrogen and oxygen atoms in total. The van der Waals surface area contributed by atoms with Gasteiger partial charge in [-0.05, 0) is 43.7 Å². The highest BCUT2D eigenvalue weighted by molar-refractivity contribution is 5.97. The summed E-state index contributed by atoms with van der Waals surface area (Å²) < 4.78 is 4.81. The van der Waals surface area contributed by atoms with Gasteiger partial charge in [-0.3, -0.25) is 4.79 Å². The highest BCUT2D eigenvalue weighted by atomic mass is 16.5. The van der Waals surface area contributed by atoms with Gasteiger partial charge in [0, 0.05) is 12.0 Å². The van der Waals surface area contributed by atoms with Crippen LogP contribution in [0.2, 0.25) is 0 Å². The maximum absolute atomic E-state index is 12.5. The van der Waals surface area contributed by atoms with E-state index in [0.29, 0.717) is 11.1 Å². The molecular weight excluding hydrogens is 316 g/mol. The SMILES string of the molecule is COC(=O)[C@H](Cc1cccc(C#N)c1)NC(=O)c1cc(C)cc(C)c1. The minimum Gasteiger partial charge on any atom is -0.467 e. The fourth-order valence-electron chi connectivity index (χ4n) is 2.69. The quantitative estimate of drug-likeness (QED) is 0.852. The molecule has 0 aliphatic heterocycles. The van der Waals surface area contributed by atoms with Crippen molar-refractivity contribution >= 4 is 11.9 Å². The van der Waals surface area contributed by atoms with Crippen LogP contribution in [0.5, 0.6) is 0 Å². The summed E-state index contributed by atoms with van der Waals surface area (Å²) >= 11 is 0. The summed E-state index contributed by atoms with van der Waals surface area (Å²) in [5.41, 5.74) is 3.72. The lowest BCUT2D eigenvalue weighted by Crippen LogP contribution is -2.43. The smallest absolute Gasteiger partial charge is 0.328 e. The molecule has 0 saturated heterocycles. The van der Waals surface area contributed by atoms with E-state index in [4.69, 9.17) is 10.00 Å². The molecule has 0 spiro atoms. The number of esters is 1. The molecule has 0 heterocycles. The fraction of sp³-hybridized carbons (Fsp3) is 0.250. The Hall–Kier alpha value is -3.13. The van der Waals surface area contributed by atoms with Gasteiger partial charge < -0.3 is 10.1 Å². The van der Waals surface area contributed by atoms with Crippen LogP contribution in [-0.2, 0) is 16.0 Å². The van der Waals surface area contributed by atoms with E-state index in [2.05, 4.69) is 11.4 Å². The van der Waals surface area contributed by atoms with Gasteiger partial charge in [-0.2, -0.15) is 5.26 Å². The highest BCUT2D eigenvalue weighted by Gasteiger charge is 2.23. The van der Waals surface area contributed by atoms with E-state index in [1.165, 1.54) is 7.11 Å². The van der Waals surface area contributed by atoms with Crippen LogP contribution in [0.4, 0.5) is 0 Å². The van der Waals surface area contributed by atoms with Gasteiger partial charge in [0.2, 0.25) is 0 Å². The molecule has 0 aromatic heterocycles. The lowest BCUT2D eigenvalue weighted by molar-refractivity contribution is -0.142. The van der Waals surface area contributed by atoms with Gasteiger partial charge >= 0.3 is 5.97 Å². The van der Waals surface area contributed by atoms with Crippen LogP contribution >= 0.6 is 0 Å². The van der Waals surface area contributed by atoms with E-state index < -0.39 is 12.0 Å². The van der Waals surface area contributed by atoms with Gasteiger partial charge in [0.1, 0.15) is 6.04 Å². The number of carbonyl (C=O) groups excluding carboxylic acids is 2. The van der Waals surface area contributed by atoms with E-state index in [9.17, 15) is 9.59 Å². The number of benzene rings is 2. The molecule has 0 aliphatic carbocycles. The number of nitrogens with one attached hydrogen (secondary N) is 1. The highest BCUT2D eigenvalue weighted by Crippen LogP contribution is 2.11. The molecule has 0 saturated carbocycles. The largest absolute Gasteiger partial charge is 0.467 e. The van der Waals surface area contributed by atoms with Crippen molar-refractivity contribution in [2.45, 2.75) is 26.3 Å². The third-order valence-electron chi connectivity index (χ3n) is 3.77. The standard InChI is InChI=1S/C20H20N2O3/c1-13-7-14(2)9-17(8-13)19(23)22-18(20(24)25-3)11-15-5-4-6-16(10-15)12-21/h4-10,18H,11H2,1-3H3,(H,22,23)/t18-/m0/s1. The fourth-order valence-corrected chi connectivity index (χ4v) is 2.69. The second kappa shape index (κ2) is 8.11. The Bertz CT molecular complexity index is 817. The Morgan fingerprint density at radius 1 is 1.16 bits per heavy atom. The Morgan fingerprint density at radius 2 is 1.84 bits per heavy atom. The third kappa shape index (κ3) is 4.92. The number of aryl methyl sites for hydroxylation is 2. The van der Waals surface area contributed by atoms with Gasteiger partial charge in [0.05, 0.1) is 18.7 Å². The van der Waals surface area contributed by atoms with Crippen molar-refractivity contribution in [3.05, 3.63) is 70.3 Å². The van der Waals surface area contributed by atoms with Crippen LogP contribution in [0.3, 0.4) is 0 Å². The molecule has 25 heavy (non-hydrogen) atoms. The maximum Gasteiger partial charge on any atom is 0.328 e. The lowest BCUT2D eigenvalue weighted by Gasteiger charge is -2.17. The molecule has 0 fully saturated rings. The number of methoxy groups -OCH3 is 1. The van der Waals surface area contributed by atoms with Crippen LogP contribution in [0.15, 0.2) is 42.5 Å². The third-order valence-corrected chi connectivity index (χ3v) is 3.77. The topological polar surface area (TPSA) is 79.2 Å². The molecule has 2 aromatic carbocycles. The minimum atomic E-state index is -0.827. The van der Waals surface area contributed by atoms with Crippen LogP contribution < -0.4 is 5.32 Å². The first-order chi connectivity index (χ1) is 11.9. The zero-order valence-corrected chi connectivity index (χ0v) is 14.5. The van der Waals surface area contributed by atoms with Crippen LogP contribution in [0.1, 0.15) is 32.6 Å². The molecule has 0 unspecified atom stereocenters. The molecule has 1 amide bonds. The van der Waals surface area contributed by atoms with Crippen molar-refractivity contribution in [3.8, 4) is 6.07 Å². The molecule has 5 heteroatoms. The Morgan fingerprint density at radius 3 is 2.44 bits per heavy atom. The maximum atomic E-state index is 12.5. The number of nitriles is 1. The average Bonchev–Trinajstić information content (AvgIpc) is 2.59. The molecule has 0 aliphatic rings. The average molecular weight is 336 g/mol. The van der Waals surface area contributed by atoms with Gasteiger partial charge in [-0.25, -0.2) is 4.79 Å². The number of hydrogen-bond donors (Lipinski definition) is 1. The van der Waals surface area contributed by atoms with Gasteiger partial charge in [-0.1, -0.05) is 29.3 Å². The number of nitrogens with zero attached hydrogens (tertiary/aromatic N) is 1. The summed E-state index contributed by atoms with van der Waals surface area (Å²) in [6, 6.07) is 13.7. The molecule has 1 N–H and O–H groups in total. The number of carbonyl (C=O) groups is 2. The van der Waals surface area contributed by atoms with Crippen molar-refractivity contribution in [2.75, 3.05) is 7.11 Å². The number of rotatable bonds is 5. The predicted octanol–water partition coefficient (Wildman–Crippen LogP) is 2.69. The van der Waals surface area contributed by atoms with Gasteiger partial charge in [0.15, 0.2) is 0 Å². The van der Waals surface area contributed by atoms with Crippen LogP contribution in [0.25, 0.3) is 0 Å². The number of hydrogen-bond acceptors (Lipinski definition) is 4. The minimum absolute atomic E-state index is 0.249. The molecular formula is C20H20N2O3. The number of amides is 1. The van der Waals surface area contributed by atoms with E-state index >= 15 is 0 Å². The Kier molecular flexibility index (Phi) is 5.91. The van der Waals surface area contributed by atoms with Crippen LogP contribution in [-0.4, -0.2) is 25.0 Å². The van der Waals surface area contributed by atoms with E-state index in [1.54, 1.807) is 36.4 Å². The second-order valence-corrected chi connectivity index (χ2v) is 5.94. The van der Waals surface area contributed by atoms with Gasteiger partial charge in [-0.15, -0.1) is 0 Å². The first kappa shape index (κ1) is 18.2. The van der Waals surface area contributed by atoms with E-state index in [0.717, 1.165) is 16.7 Å². The molecule has 0 radical (unpaired) electrons. The lowest BCUT2D eigenvalue weighted by atomic mass is 10.0. The van der Waals surface area contributed by atoms with Crippen molar-refractivity contribution in [3.63, 3.8) is 0 Å². The summed E-state index contributed by atoms with van der Waals surface area (Å²) in [5, 5.41) is 11.7. The van der Waals surface area contributed by atoms with E-state index in [1.807, 2.05) is 19.9 Å². The van der Waals surface area contributed by atoms with Crippen molar-refractivity contribution in [2.24, 2.45) is 0 Å². The van der Waals surface area contributed by atoms with Crippen LogP contribution in [0, 0.1) is 25.2 Å². The molecule has 1 atom stereocenters. The zero-order chi connectivity index (χ0) is 18.4. The molecule has 0 bridgehead atoms. The molecule has 2 rings (SSSR count). The summed E-state index contributed by atoms with van der Waals surface area (Å²) in [6.45, 7) is 3.82. The Labute approximate surface area is 147 Å². The Balaban J connectivity index is 2.21. The normalized spacial score (nSPS) is 11.3. The van der Waals surface area contributed by atoms with E-state index in [-0.39, 0.29) is 12.3 Å². The summed E-state index contributed by atoms with van der Waals surface area (Å²) in [6.07, 6.45) is 0.249. The van der Waals surface area contributed by atoms with Crippen molar-refractivity contribution in [1.29, 1.82) is 5.26 Å². The molecule has 2 aromatic rings. The predicted molar refractivity (Wildman–Crippen MR) is 94.0 cm³/mol. The first-order valence-electron chi connectivity index (χ1n) is 7.89. The monoisotopic (exact) mass is 336 g/mol. The van der Waals surface area contributed by atoms with Crippen molar-refractivity contribution < 1.29 is 14.3 Å². The molecule has 128 valence electrons. The second-order valence-electron chi connectivity index (χ2n) is 5.94. The summed E-state index contributed by atoms with van der Waals surface area (Å²) in [4.78, 5) is 24.6. The zero-order valence-electron chi connectivity index (χ0n) is 14.5. The first-order valence-corrected chi connectivity index (χ1v) is 7.89.